The molecule has 0 spiro atoms. The van der Waals surface area contributed by atoms with Gasteiger partial charge >= 0.3 is 0 Å². The molecule has 1 aromatic carbocycles. The highest BCUT2D eigenvalue weighted by molar-refractivity contribution is 5.99. The lowest BCUT2D eigenvalue weighted by Crippen LogP contribution is -2.47. The fourth-order valence-corrected chi connectivity index (χ4v) is 4.24. The summed E-state index contributed by atoms with van der Waals surface area (Å²) in [7, 11) is 0. The quantitative estimate of drug-likeness (QED) is 0.445. The van der Waals surface area contributed by atoms with Gasteiger partial charge in [0.1, 0.15) is 11.8 Å². The van der Waals surface area contributed by atoms with Crippen LogP contribution in [0.2, 0.25) is 0 Å². The van der Waals surface area contributed by atoms with Crippen molar-refractivity contribution in [3.63, 3.8) is 0 Å². The molecule has 36 heavy (non-hydrogen) atoms. The van der Waals surface area contributed by atoms with E-state index < -0.39 is 48.0 Å². The Hall–Kier alpha value is -3.35. The van der Waals surface area contributed by atoms with Crippen LogP contribution in [0.1, 0.15) is 19.3 Å². The molecule has 1 unspecified atom stereocenters. The summed E-state index contributed by atoms with van der Waals surface area (Å²) in [4.78, 5) is 27.5. The lowest BCUT2D eigenvalue weighted by Gasteiger charge is -2.31. The van der Waals surface area contributed by atoms with Crippen LogP contribution in [0.25, 0.3) is 0 Å². The van der Waals surface area contributed by atoms with Gasteiger partial charge in [0.2, 0.25) is 5.91 Å². The first-order chi connectivity index (χ1) is 17.3. The second kappa shape index (κ2) is 11.6. The van der Waals surface area contributed by atoms with E-state index in [2.05, 4.69) is 10.4 Å². The van der Waals surface area contributed by atoms with E-state index in [0.717, 1.165) is 31.1 Å². The van der Waals surface area contributed by atoms with Gasteiger partial charge in [0.05, 0.1) is 25.8 Å². The van der Waals surface area contributed by atoms with Crippen LogP contribution in [0.15, 0.2) is 42.3 Å². The highest BCUT2D eigenvalue weighted by Gasteiger charge is 2.37. The summed E-state index contributed by atoms with van der Waals surface area (Å²) in [6.07, 6.45) is 3.49. The number of nitrogens with one attached hydrogen (secondary N) is 1. The highest BCUT2D eigenvalue weighted by atomic mass is 19.1. The normalized spacial score (nSPS) is 18.2. The van der Waals surface area contributed by atoms with Crippen molar-refractivity contribution in [2.24, 2.45) is 5.92 Å². The summed E-state index contributed by atoms with van der Waals surface area (Å²) in [6.45, 7) is 0.595. The Balaban J connectivity index is 1.48. The molecule has 1 aromatic heterocycles. The summed E-state index contributed by atoms with van der Waals surface area (Å²) < 4.78 is 40.2. The number of benzene rings is 1. The number of aromatic nitrogens is 2. The van der Waals surface area contributed by atoms with Crippen LogP contribution in [0.3, 0.4) is 0 Å². The number of aliphatic hydroxyl groups is 2. The second-order valence-corrected chi connectivity index (χ2v) is 8.79. The number of rotatable bonds is 10. The third kappa shape index (κ3) is 6.25. The van der Waals surface area contributed by atoms with Gasteiger partial charge in [-0.2, -0.15) is 5.10 Å². The number of carbonyl (C=O) groups is 2. The largest absolute Gasteiger partial charge is 0.453 e. The Bertz CT molecular complexity index is 1100. The van der Waals surface area contributed by atoms with E-state index in [-0.39, 0.29) is 30.6 Å². The van der Waals surface area contributed by atoms with E-state index in [1.165, 1.54) is 21.7 Å². The number of ether oxygens (including phenoxy) is 2. The first kappa shape index (κ1) is 25.7. The molecule has 2 aromatic rings. The topological polar surface area (TPSA) is 126 Å². The van der Waals surface area contributed by atoms with Crippen molar-refractivity contribution in [3.8, 4) is 5.75 Å². The van der Waals surface area contributed by atoms with Crippen LogP contribution < -0.4 is 10.1 Å². The Morgan fingerprint density at radius 2 is 1.97 bits per heavy atom. The van der Waals surface area contributed by atoms with Gasteiger partial charge in [0.25, 0.3) is 5.91 Å². The van der Waals surface area contributed by atoms with Gasteiger partial charge in [-0.05, 0) is 37.3 Å². The number of hydrogen-bond acceptors (Lipinski definition) is 7. The molecule has 2 aliphatic rings. The van der Waals surface area contributed by atoms with Crippen molar-refractivity contribution in [1.82, 2.24) is 14.7 Å². The van der Waals surface area contributed by atoms with E-state index in [0.29, 0.717) is 19.6 Å². The minimum absolute atomic E-state index is 0.0241. The summed E-state index contributed by atoms with van der Waals surface area (Å²) in [5.41, 5.74) is 0. The smallest absolute Gasteiger partial charge is 0.251 e. The molecule has 1 fully saturated rings. The molecule has 2 aliphatic heterocycles. The van der Waals surface area contributed by atoms with Gasteiger partial charge in [-0.3, -0.25) is 14.3 Å². The molecule has 194 valence electrons. The third-order valence-electron chi connectivity index (χ3n) is 6.12. The zero-order valence-corrected chi connectivity index (χ0v) is 19.5. The Kier molecular flexibility index (Phi) is 8.28. The molecule has 2 amide bonds. The van der Waals surface area contributed by atoms with Crippen molar-refractivity contribution in [1.29, 1.82) is 0 Å². The summed E-state index contributed by atoms with van der Waals surface area (Å²) in [5, 5.41) is 25.5. The molecule has 1 saturated heterocycles. The van der Waals surface area contributed by atoms with E-state index in [4.69, 9.17) is 14.6 Å². The number of hydrogen-bond donors (Lipinski definition) is 3. The third-order valence-corrected chi connectivity index (χ3v) is 6.12. The fraction of sp³-hybridized carbons (Fsp3) is 0.458. The molecule has 4 rings (SSSR count). The molecule has 10 nitrogen and oxygen atoms in total. The van der Waals surface area contributed by atoms with Crippen LogP contribution in [-0.2, 0) is 20.9 Å². The number of para-hydroxylation sites is 1. The molecule has 0 aliphatic carbocycles. The number of anilines is 1. The van der Waals surface area contributed by atoms with Crippen LogP contribution in [-0.4, -0.2) is 75.2 Å². The molecule has 3 N–H and O–H groups in total. The summed E-state index contributed by atoms with van der Waals surface area (Å²) in [5.74, 6) is -3.03. The van der Waals surface area contributed by atoms with Crippen LogP contribution in [0, 0.1) is 17.6 Å². The number of carbonyl (C=O) groups excluding carboxylic acids is 2. The standard InChI is InChI=1S/C24H28F2N4O6/c25-18-2-1-3-19(26)23(18)36-17-11-22(33)30(13-17)20(10-15-5-8-35-9-6-15)24(34)27-21-4-7-29(28-21)12-16(32)14-31/h1-4,7,11,15-16,20,31-32H,5-6,8-10,12-14H2,(H,27,28,34)/t16-,20?/m1/s1. The average molecular weight is 507 g/mol. The van der Waals surface area contributed by atoms with Crippen molar-refractivity contribution in [3.05, 3.63) is 53.9 Å². The molecule has 0 radical (unpaired) electrons. The molecule has 3 heterocycles. The predicted octanol–water partition coefficient (Wildman–Crippen LogP) is 1.44. The first-order valence-corrected chi connectivity index (χ1v) is 11.7. The van der Waals surface area contributed by atoms with Crippen LogP contribution in [0.4, 0.5) is 14.6 Å². The molecular formula is C24H28F2N4O6. The monoisotopic (exact) mass is 506 g/mol. The van der Waals surface area contributed by atoms with Gasteiger partial charge in [-0.25, -0.2) is 8.78 Å². The molecule has 0 bridgehead atoms. The molecule has 0 saturated carbocycles. The van der Waals surface area contributed by atoms with Crippen LogP contribution >= 0.6 is 0 Å². The van der Waals surface area contributed by atoms with Crippen molar-refractivity contribution in [2.75, 3.05) is 31.7 Å². The SMILES string of the molecule is O=C(Nc1ccn(C[C@@H](O)CO)n1)C(CC1CCOCC1)N1CC(Oc2c(F)cccc2F)=CC1=O. The summed E-state index contributed by atoms with van der Waals surface area (Å²) in [6, 6.07) is 3.95. The first-order valence-electron chi connectivity index (χ1n) is 11.7. The second-order valence-electron chi connectivity index (χ2n) is 8.79. The van der Waals surface area contributed by atoms with Gasteiger partial charge in [0.15, 0.2) is 23.2 Å². The minimum atomic E-state index is -0.999. The number of nitrogens with zero attached hydrogens (tertiary/aromatic N) is 3. The van der Waals surface area contributed by atoms with Crippen molar-refractivity contribution < 1.29 is 38.1 Å². The van der Waals surface area contributed by atoms with Crippen LogP contribution in [0.5, 0.6) is 5.75 Å². The molecular weight excluding hydrogens is 478 g/mol. The lowest BCUT2D eigenvalue weighted by atomic mass is 9.91. The molecule has 12 heteroatoms. The maximum atomic E-state index is 14.0. The Morgan fingerprint density at radius 3 is 2.67 bits per heavy atom. The van der Waals surface area contributed by atoms with Crippen molar-refractivity contribution in [2.45, 2.75) is 38.0 Å². The van der Waals surface area contributed by atoms with E-state index >= 15 is 0 Å². The summed E-state index contributed by atoms with van der Waals surface area (Å²) >= 11 is 0. The fourth-order valence-electron chi connectivity index (χ4n) is 4.24. The number of amides is 2. The Labute approximate surface area is 206 Å². The zero-order valence-electron chi connectivity index (χ0n) is 19.5. The minimum Gasteiger partial charge on any atom is -0.453 e. The Morgan fingerprint density at radius 1 is 1.25 bits per heavy atom. The maximum absolute atomic E-state index is 14.0. The van der Waals surface area contributed by atoms with Gasteiger partial charge in [-0.1, -0.05) is 6.07 Å². The van der Waals surface area contributed by atoms with E-state index in [1.807, 2.05) is 0 Å². The van der Waals surface area contributed by atoms with Gasteiger partial charge < -0.3 is 29.9 Å². The molecule has 2 atom stereocenters. The number of halogens is 2. The average Bonchev–Trinajstić information content (AvgIpc) is 3.45. The highest BCUT2D eigenvalue weighted by Crippen LogP contribution is 2.29. The van der Waals surface area contributed by atoms with E-state index in [9.17, 15) is 23.5 Å². The lowest BCUT2D eigenvalue weighted by molar-refractivity contribution is -0.134. The number of aliphatic hydroxyl groups excluding tert-OH is 2. The maximum Gasteiger partial charge on any atom is 0.251 e. The van der Waals surface area contributed by atoms with Crippen molar-refractivity contribution >= 4 is 17.6 Å². The zero-order chi connectivity index (χ0) is 25.7. The van der Waals surface area contributed by atoms with E-state index in [1.54, 1.807) is 6.20 Å². The predicted molar refractivity (Wildman–Crippen MR) is 123 cm³/mol. The van der Waals surface area contributed by atoms with Gasteiger partial charge in [0, 0.05) is 31.6 Å². The van der Waals surface area contributed by atoms with Gasteiger partial charge in [-0.15, -0.1) is 0 Å².